The molecular formula is C37H52N4O5. The summed E-state index contributed by atoms with van der Waals surface area (Å²) in [4.78, 5) is 22.8. The molecule has 0 aliphatic heterocycles. The molecule has 0 fully saturated rings. The second-order valence-electron chi connectivity index (χ2n) is 8.98. The first-order chi connectivity index (χ1) is 22.4. The van der Waals surface area contributed by atoms with Gasteiger partial charge in [-0.1, -0.05) is 94.1 Å². The quantitative estimate of drug-likeness (QED) is 0.0452. The highest BCUT2D eigenvalue weighted by Crippen LogP contribution is 2.25. The number of rotatable bonds is 13. The van der Waals surface area contributed by atoms with E-state index in [0.717, 1.165) is 29.8 Å². The summed E-state index contributed by atoms with van der Waals surface area (Å²) in [5.74, 6) is 2.33. The first-order valence-corrected chi connectivity index (χ1v) is 15.5. The van der Waals surface area contributed by atoms with E-state index in [9.17, 15) is 4.79 Å². The maximum absolute atomic E-state index is 12.9. The lowest BCUT2D eigenvalue weighted by Crippen LogP contribution is -2.38. The summed E-state index contributed by atoms with van der Waals surface area (Å²) in [6.45, 7) is 16.1. The van der Waals surface area contributed by atoms with Gasteiger partial charge >= 0.3 is 0 Å². The normalized spacial score (nSPS) is 12.3. The van der Waals surface area contributed by atoms with Crippen molar-refractivity contribution in [2.24, 2.45) is 15.1 Å². The molecule has 46 heavy (non-hydrogen) atoms. The summed E-state index contributed by atoms with van der Waals surface area (Å²) in [5, 5.41) is 12.4. The van der Waals surface area contributed by atoms with Gasteiger partial charge in [-0.2, -0.15) is 4.99 Å². The molecule has 0 aliphatic carbocycles. The molecule has 0 radical (unpaired) electrons. The smallest absolute Gasteiger partial charge is 0.294 e. The highest BCUT2D eigenvalue weighted by Gasteiger charge is 2.22. The van der Waals surface area contributed by atoms with Gasteiger partial charge < -0.3 is 19.4 Å². The maximum Gasteiger partial charge on any atom is 0.294 e. The van der Waals surface area contributed by atoms with E-state index in [0.29, 0.717) is 35.8 Å². The van der Waals surface area contributed by atoms with E-state index < -0.39 is 0 Å². The molecule has 250 valence electrons. The van der Waals surface area contributed by atoms with E-state index in [4.69, 9.17) is 19.4 Å². The molecule has 0 unspecified atom stereocenters. The van der Waals surface area contributed by atoms with Crippen LogP contribution in [0.5, 0.6) is 11.5 Å². The van der Waals surface area contributed by atoms with E-state index in [2.05, 4.69) is 28.6 Å². The van der Waals surface area contributed by atoms with Crippen molar-refractivity contribution in [1.82, 2.24) is 4.90 Å². The van der Waals surface area contributed by atoms with Crippen molar-refractivity contribution in [3.05, 3.63) is 102 Å². The molecule has 1 amide bonds. The number of benzene rings is 2. The molecule has 1 N–H and O–H groups in total. The number of likely N-dealkylation sites (N-methyl/N-ethyl adjacent to an activating group) is 1. The van der Waals surface area contributed by atoms with Crippen LogP contribution in [0.1, 0.15) is 66.4 Å². The lowest BCUT2D eigenvalue weighted by molar-refractivity contribution is -0.125. The number of hydrogen-bond donors (Lipinski definition) is 1. The zero-order valence-electron chi connectivity index (χ0n) is 29.0. The Morgan fingerprint density at radius 1 is 1.02 bits per heavy atom. The second kappa shape index (κ2) is 25.4. The van der Waals surface area contributed by atoms with Gasteiger partial charge in [0.2, 0.25) is 5.84 Å². The predicted molar refractivity (Wildman–Crippen MR) is 192 cm³/mol. The SMILES string of the molecule is C=C/C=C(C(=C/C)\c1ccccc1)/C(N=COC)=N/O.CC.CC/C=C(\Oc1cccc(OC)c1)C(=O)N(CC)C(CCC)=NC. The van der Waals surface area contributed by atoms with Gasteiger partial charge in [-0.25, -0.2) is 0 Å². The minimum Gasteiger partial charge on any atom is -0.497 e. The summed E-state index contributed by atoms with van der Waals surface area (Å²) < 4.78 is 15.8. The number of amidine groups is 2. The minimum absolute atomic E-state index is 0.156. The molecule has 0 saturated carbocycles. The van der Waals surface area contributed by atoms with E-state index >= 15 is 0 Å². The van der Waals surface area contributed by atoms with E-state index in [1.165, 1.54) is 13.5 Å². The van der Waals surface area contributed by atoms with Crippen LogP contribution in [0, 0.1) is 0 Å². The van der Waals surface area contributed by atoms with Crippen LogP contribution >= 0.6 is 0 Å². The molecule has 9 heteroatoms. The van der Waals surface area contributed by atoms with Crippen LogP contribution in [0.4, 0.5) is 0 Å². The van der Waals surface area contributed by atoms with Gasteiger partial charge in [0.25, 0.3) is 5.91 Å². The predicted octanol–water partition coefficient (Wildman–Crippen LogP) is 8.74. The zero-order valence-corrected chi connectivity index (χ0v) is 29.0. The largest absolute Gasteiger partial charge is 0.497 e. The number of methoxy groups -OCH3 is 2. The molecule has 0 bridgehead atoms. The van der Waals surface area contributed by atoms with E-state index in [1.807, 2.05) is 83.2 Å². The van der Waals surface area contributed by atoms with Crippen LogP contribution in [-0.4, -0.2) is 61.9 Å². The van der Waals surface area contributed by atoms with Crippen molar-refractivity contribution in [3.63, 3.8) is 0 Å². The van der Waals surface area contributed by atoms with Gasteiger partial charge in [-0.15, -0.1) is 0 Å². The second-order valence-corrected chi connectivity index (χ2v) is 8.98. The lowest BCUT2D eigenvalue weighted by Gasteiger charge is -2.23. The number of aliphatic imine (C=N–C) groups is 2. The Balaban J connectivity index is 0.000000847. The van der Waals surface area contributed by atoms with Crippen molar-refractivity contribution in [3.8, 4) is 11.5 Å². The lowest BCUT2D eigenvalue weighted by atomic mass is 9.96. The summed E-state index contributed by atoms with van der Waals surface area (Å²) in [6.07, 6.45) is 10.7. The highest BCUT2D eigenvalue weighted by molar-refractivity contribution is 6.14. The molecule has 0 aromatic heterocycles. The standard InChI is InChI=1S/C19H28N2O3.C16H18N2O2.C2H6/c1-6-10-17(24-16-13-9-12-15(14-16)23-5)19(22)21(8-3)18(20-4)11-7-2;1-4-9-15(16(18-19)17-12-20-3)14(5-2)13-10-7-6-8-11-13;1-2/h9-10,12-14H,6-8,11H2,1-5H3;4-12,19H,1H2,2-3H3;1-2H3/b17-10-,20-18?;14-5-,15-9+,17-12?,18-16-;. The summed E-state index contributed by atoms with van der Waals surface area (Å²) in [5.41, 5.74) is 2.55. The number of ether oxygens (including phenoxy) is 3. The number of hydrogen-bond acceptors (Lipinski definition) is 7. The molecule has 0 heterocycles. The average Bonchev–Trinajstić information content (AvgIpc) is 3.10. The number of allylic oxidation sites excluding steroid dienone is 4. The molecule has 0 atom stereocenters. The van der Waals surface area contributed by atoms with Crippen molar-refractivity contribution in [1.29, 1.82) is 0 Å². The Bertz CT molecular complexity index is 1360. The third kappa shape index (κ3) is 13.8. The Morgan fingerprint density at radius 2 is 1.70 bits per heavy atom. The molecule has 0 saturated heterocycles. The third-order valence-corrected chi connectivity index (χ3v) is 6.04. The van der Waals surface area contributed by atoms with Gasteiger partial charge in [-0.05, 0) is 56.0 Å². The third-order valence-electron chi connectivity index (χ3n) is 6.04. The van der Waals surface area contributed by atoms with Crippen molar-refractivity contribution in [2.45, 2.75) is 60.8 Å². The monoisotopic (exact) mass is 632 g/mol. The minimum atomic E-state index is -0.170. The zero-order chi connectivity index (χ0) is 34.7. The molecule has 0 aliphatic rings. The average molecular weight is 633 g/mol. The van der Waals surface area contributed by atoms with Gasteiger partial charge in [0.15, 0.2) is 12.2 Å². The number of carbonyl (C=O) groups is 1. The summed E-state index contributed by atoms with van der Waals surface area (Å²) in [7, 11) is 4.79. The number of carbonyl (C=O) groups excluding carboxylic acids is 1. The molecular weight excluding hydrogens is 580 g/mol. The Hall–Kier alpha value is -4.92. The number of amides is 1. The Kier molecular flexibility index (Phi) is 22.7. The molecule has 9 nitrogen and oxygen atoms in total. The summed E-state index contributed by atoms with van der Waals surface area (Å²) in [6, 6.07) is 17.0. The first-order valence-electron chi connectivity index (χ1n) is 15.5. The van der Waals surface area contributed by atoms with Crippen LogP contribution in [-0.2, 0) is 9.53 Å². The highest BCUT2D eigenvalue weighted by atomic mass is 16.5. The number of oxime groups is 1. The Morgan fingerprint density at radius 3 is 2.20 bits per heavy atom. The van der Waals surface area contributed by atoms with Crippen molar-refractivity contribution < 1.29 is 24.2 Å². The fraction of sp³-hybridized carbons (Fsp3) is 0.351. The number of nitrogens with zero attached hydrogens (tertiary/aromatic N) is 4. The van der Waals surface area contributed by atoms with E-state index in [-0.39, 0.29) is 11.7 Å². The van der Waals surface area contributed by atoms with Crippen LogP contribution < -0.4 is 9.47 Å². The maximum atomic E-state index is 12.9. The fourth-order valence-corrected chi connectivity index (χ4v) is 4.07. The Labute approximate surface area is 276 Å². The van der Waals surface area contributed by atoms with Crippen LogP contribution in [0.25, 0.3) is 5.57 Å². The molecule has 2 aromatic rings. The fourth-order valence-electron chi connectivity index (χ4n) is 4.07. The molecule has 2 aromatic carbocycles. The molecule has 0 spiro atoms. The van der Waals surface area contributed by atoms with Gasteiger partial charge in [0.05, 0.1) is 14.2 Å². The van der Waals surface area contributed by atoms with Gasteiger partial charge in [-0.3, -0.25) is 14.7 Å². The topological polar surface area (TPSA) is 105 Å². The molecule has 2 rings (SSSR count). The van der Waals surface area contributed by atoms with Crippen molar-refractivity contribution in [2.75, 3.05) is 27.8 Å². The van der Waals surface area contributed by atoms with Crippen LogP contribution in [0.15, 0.2) is 112 Å². The first kappa shape index (κ1) is 41.1. The van der Waals surface area contributed by atoms with Gasteiger partial charge in [0, 0.05) is 31.7 Å². The van der Waals surface area contributed by atoms with Gasteiger partial charge in [0.1, 0.15) is 17.3 Å². The van der Waals surface area contributed by atoms with Crippen molar-refractivity contribution >= 4 is 29.6 Å². The van der Waals surface area contributed by atoms with E-state index in [1.54, 1.807) is 49.4 Å². The van der Waals surface area contributed by atoms with Crippen LogP contribution in [0.3, 0.4) is 0 Å². The summed E-state index contributed by atoms with van der Waals surface area (Å²) >= 11 is 0. The van der Waals surface area contributed by atoms with Crippen LogP contribution in [0.2, 0.25) is 0 Å².